The maximum atomic E-state index is 11.9. The number of isocyanates is 1. The predicted octanol–water partition coefficient (Wildman–Crippen LogP) is 8.78. The molecule has 2 amide bonds. The van der Waals surface area contributed by atoms with Gasteiger partial charge in [0.1, 0.15) is 10.3 Å². The zero-order valence-electron chi connectivity index (χ0n) is 23.5. The second-order valence-corrected chi connectivity index (χ2v) is 12.0. The Labute approximate surface area is 293 Å². The van der Waals surface area contributed by atoms with Gasteiger partial charge in [-0.15, -0.1) is 0 Å². The van der Waals surface area contributed by atoms with Crippen molar-refractivity contribution < 1.29 is 9.59 Å². The molecule has 0 aliphatic carbocycles. The Morgan fingerprint density at radius 2 is 1.26 bits per heavy atom. The lowest BCUT2D eigenvalue weighted by Crippen LogP contribution is -2.33. The summed E-state index contributed by atoms with van der Waals surface area (Å²) < 4.78 is 0. The highest BCUT2D eigenvalue weighted by molar-refractivity contribution is 6.35. The van der Waals surface area contributed by atoms with Crippen LogP contribution in [0.15, 0.2) is 75.6 Å². The van der Waals surface area contributed by atoms with Gasteiger partial charge in [-0.1, -0.05) is 81.7 Å². The molecular weight excluding hydrogens is 717 g/mol. The lowest BCUT2D eigenvalue weighted by atomic mass is 10.1. The van der Waals surface area contributed by atoms with E-state index in [0.717, 1.165) is 34.8 Å². The van der Waals surface area contributed by atoms with Crippen molar-refractivity contribution in [1.29, 1.82) is 0 Å². The van der Waals surface area contributed by atoms with Crippen LogP contribution in [0.1, 0.15) is 11.1 Å². The lowest BCUT2D eigenvalue weighted by Gasteiger charge is -2.08. The number of nitrogens with two attached hydrogens (primary N) is 1. The number of rotatable bonds is 5. The molecule has 2 aliphatic heterocycles. The van der Waals surface area contributed by atoms with Crippen LogP contribution in [-0.4, -0.2) is 46.6 Å². The molecule has 0 radical (unpaired) electrons. The number of hydrogen-bond donors (Lipinski definition) is 3. The number of carbonyl (C=O) groups excluding carboxylic acids is 2. The fraction of sp³-hybridized carbons (Fsp3) is 0.133. The van der Waals surface area contributed by atoms with Gasteiger partial charge in [0.2, 0.25) is 6.08 Å². The lowest BCUT2D eigenvalue weighted by molar-refractivity contribution is 0.253. The summed E-state index contributed by atoms with van der Waals surface area (Å²) in [5.41, 5.74) is 10.3. The van der Waals surface area contributed by atoms with E-state index in [1.807, 2.05) is 12.1 Å². The molecule has 0 saturated heterocycles. The highest BCUT2D eigenvalue weighted by Gasteiger charge is 2.17. The van der Waals surface area contributed by atoms with Gasteiger partial charge in [0, 0.05) is 67.7 Å². The minimum atomic E-state index is -0.368. The van der Waals surface area contributed by atoms with Crippen molar-refractivity contribution in [2.45, 2.75) is 12.8 Å². The van der Waals surface area contributed by atoms with Crippen LogP contribution >= 0.6 is 69.6 Å². The molecule has 46 heavy (non-hydrogen) atoms. The SMILES string of the molecule is NCC1=Nc2nc(Cl)ccc2C1.O=C(NCC1=Nc2nc(Cl)ccc2C1)Nc1cc(Cl)cc(Cl)c1.O=C=Nc1cc(Cl)cc(Cl)c1. The average molecular weight is 739 g/mol. The molecule has 0 atom stereocenters. The third-order valence-corrected chi connectivity index (χ3v) is 7.29. The molecule has 16 heteroatoms. The summed E-state index contributed by atoms with van der Waals surface area (Å²) in [6, 6.07) is 16.4. The number of urea groups is 1. The van der Waals surface area contributed by atoms with Crippen LogP contribution in [0.5, 0.6) is 0 Å². The molecule has 6 rings (SSSR count). The molecule has 0 spiro atoms. The van der Waals surface area contributed by atoms with Gasteiger partial charge in [-0.25, -0.2) is 29.5 Å². The molecule has 4 heterocycles. The summed E-state index contributed by atoms with van der Waals surface area (Å²) in [6.07, 6.45) is 2.85. The highest BCUT2D eigenvalue weighted by atomic mass is 35.5. The molecule has 4 aromatic rings. The van der Waals surface area contributed by atoms with Crippen LogP contribution < -0.4 is 16.4 Å². The molecule has 0 saturated carbocycles. The molecule has 4 N–H and O–H groups in total. The largest absolute Gasteiger partial charge is 0.333 e. The van der Waals surface area contributed by atoms with E-state index in [2.05, 4.69) is 35.6 Å². The van der Waals surface area contributed by atoms with Crippen molar-refractivity contribution in [3.05, 3.63) is 102 Å². The number of amides is 2. The van der Waals surface area contributed by atoms with E-state index >= 15 is 0 Å². The van der Waals surface area contributed by atoms with Gasteiger partial charge in [0.25, 0.3) is 0 Å². The first-order chi connectivity index (χ1) is 22.0. The normalized spacial score (nSPS) is 12.2. The van der Waals surface area contributed by atoms with Crippen molar-refractivity contribution in [1.82, 2.24) is 15.3 Å². The molecule has 10 nitrogen and oxygen atoms in total. The summed E-state index contributed by atoms with van der Waals surface area (Å²) in [6.45, 7) is 0.808. The number of anilines is 1. The second kappa shape index (κ2) is 16.8. The number of pyridine rings is 2. The van der Waals surface area contributed by atoms with E-state index in [9.17, 15) is 9.59 Å². The molecule has 236 valence electrons. The smallest absolute Gasteiger partial charge is 0.319 e. The van der Waals surface area contributed by atoms with Gasteiger partial charge in [-0.3, -0.25) is 0 Å². The van der Waals surface area contributed by atoms with Crippen LogP contribution in [-0.2, 0) is 17.6 Å². The summed E-state index contributed by atoms with van der Waals surface area (Å²) in [5, 5.41) is 8.08. The van der Waals surface area contributed by atoms with Crippen LogP contribution in [0.3, 0.4) is 0 Å². The van der Waals surface area contributed by atoms with Crippen LogP contribution in [0.25, 0.3) is 0 Å². The van der Waals surface area contributed by atoms with E-state index in [-0.39, 0.29) is 6.03 Å². The average Bonchev–Trinajstić information content (AvgIpc) is 3.59. The third-order valence-electron chi connectivity index (χ3n) is 5.99. The van der Waals surface area contributed by atoms with Crippen molar-refractivity contribution in [2.24, 2.45) is 20.7 Å². The molecular formula is C30H22Cl6N8O2. The number of aliphatic imine (C=N–C) groups is 3. The maximum absolute atomic E-state index is 11.9. The summed E-state index contributed by atoms with van der Waals surface area (Å²) in [7, 11) is 0. The number of nitrogens with zero attached hydrogens (tertiary/aromatic N) is 5. The van der Waals surface area contributed by atoms with Crippen LogP contribution in [0, 0.1) is 0 Å². The standard InChI is InChI=1S/C15H11Cl3N4O.C8H8ClN3.C7H3Cl2NO/c16-9-4-10(17)6-11(5-9)21-15(23)19-7-12-3-8-1-2-13(18)22-14(8)20-12;9-7-2-1-5-3-6(4-10)11-8(5)12-7;8-5-1-6(9)3-7(2-5)10-4-11/h1-2,4-6H,3,7H2,(H2,19,21,23);1-2H,3-4,10H2;1-3H. The van der Waals surface area contributed by atoms with E-state index in [0.29, 0.717) is 67.1 Å². The predicted molar refractivity (Wildman–Crippen MR) is 187 cm³/mol. The van der Waals surface area contributed by atoms with Gasteiger partial charge < -0.3 is 16.4 Å². The first-order valence-electron chi connectivity index (χ1n) is 13.2. The van der Waals surface area contributed by atoms with Gasteiger partial charge in [0.15, 0.2) is 11.6 Å². The summed E-state index contributed by atoms with van der Waals surface area (Å²) in [4.78, 5) is 41.9. The van der Waals surface area contributed by atoms with E-state index < -0.39 is 0 Å². The zero-order valence-corrected chi connectivity index (χ0v) is 28.0. The number of nitrogens with one attached hydrogen (secondary N) is 2. The van der Waals surface area contributed by atoms with E-state index in [1.165, 1.54) is 18.2 Å². The Kier molecular flexibility index (Phi) is 12.9. The molecule has 0 unspecified atom stereocenters. The number of halogens is 6. The molecule has 0 fully saturated rings. The zero-order chi connectivity index (χ0) is 33.2. The number of hydrogen-bond acceptors (Lipinski definition) is 8. The quantitative estimate of drug-likeness (QED) is 0.106. The number of benzene rings is 2. The van der Waals surface area contributed by atoms with Crippen LogP contribution in [0.4, 0.5) is 27.8 Å². The van der Waals surface area contributed by atoms with Gasteiger partial charge >= 0.3 is 6.03 Å². The molecule has 0 bridgehead atoms. The molecule has 2 aliphatic rings. The highest BCUT2D eigenvalue weighted by Crippen LogP contribution is 2.27. The molecule has 2 aromatic heterocycles. The Morgan fingerprint density at radius 3 is 1.78 bits per heavy atom. The number of carbonyl (C=O) groups is 1. The summed E-state index contributed by atoms with van der Waals surface area (Å²) >= 11 is 34.5. The fourth-order valence-electron chi connectivity index (χ4n) is 4.06. The van der Waals surface area contributed by atoms with Crippen LogP contribution in [0.2, 0.25) is 30.4 Å². The number of fused-ring (bicyclic) bond motifs is 2. The first-order valence-corrected chi connectivity index (χ1v) is 15.5. The fourth-order valence-corrected chi connectivity index (χ4v) is 5.38. The third kappa shape index (κ3) is 10.8. The second-order valence-electron chi connectivity index (χ2n) is 9.44. The monoisotopic (exact) mass is 736 g/mol. The Morgan fingerprint density at radius 1 is 0.761 bits per heavy atom. The van der Waals surface area contributed by atoms with E-state index in [4.69, 9.17) is 75.3 Å². The minimum Gasteiger partial charge on any atom is -0.333 e. The van der Waals surface area contributed by atoms with Gasteiger partial charge in [0.05, 0.1) is 12.2 Å². The van der Waals surface area contributed by atoms with Crippen molar-refractivity contribution in [3.8, 4) is 0 Å². The first kappa shape index (κ1) is 35.3. The Bertz CT molecular complexity index is 1840. The maximum Gasteiger partial charge on any atom is 0.319 e. The van der Waals surface area contributed by atoms with Crippen molar-refractivity contribution >= 4 is 116 Å². The van der Waals surface area contributed by atoms with Crippen molar-refractivity contribution in [2.75, 3.05) is 18.4 Å². The Balaban J connectivity index is 0.000000175. The van der Waals surface area contributed by atoms with Crippen molar-refractivity contribution in [3.63, 3.8) is 0 Å². The number of aromatic nitrogens is 2. The van der Waals surface area contributed by atoms with E-state index in [1.54, 1.807) is 36.4 Å². The topological polar surface area (TPSA) is 147 Å². The minimum absolute atomic E-state index is 0.314. The summed E-state index contributed by atoms with van der Waals surface area (Å²) in [5.74, 6) is 1.33. The van der Waals surface area contributed by atoms with Gasteiger partial charge in [-0.2, -0.15) is 4.99 Å². The van der Waals surface area contributed by atoms with Gasteiger partial charge in [-0.05, 0) is 48.5 Å². The molecule has 2 aromatic carbocycles. The Hall–Kier alpha value is -3.57.